The third-order valence-corrected chi connectivity index (χ3v) is 2.19. The highest BCUT2D eigenvalue weighted by Gasteiger charge is 2.25. The molecule has 0 amide bonds. The number of hydrogen-bond acceptors (Lipinski definition) is 2. The second-order valence-electron chi connectivity index (χ2n) is 3.43. The molecule has 2 heteroatoms. The van der Waals surface area contributed by atoms with E-state index < -0.39 is 0 Å². The van der Waals surface area contributed by atoms with Crippen molar-refractivity contribution in [2.24, 2.45) is 5.41 Å². The average molecular weight is 138 g/mol. The van der Waals surface area contributed by atoms with Crippen molar-refractivity contribution in [3.8, 4) is 6.07 Å². The molecule has 1 rings (SSSR count). The van der Waals surface area contributed by atoms with Gasteiger partial charge in [-0.05, 0) is 24.8 Å². The minimum Gasteiger partial charge on any atom is -0.316 e. The fraction of sp³-hybridized carbons (Fsp3) is 0.875. The summed E-state index contributed by atoms with van der Waals surface area (Å²) in [5.41, 5.74) is 0.257. The van der Waals surface area contributed by atoms with E-state index in [1.54, 1.807) is 0 Å². The molecule has 1 atom stereocenters. The zero-order valence-corrected chi connectivity index (χ0v) is 6.48. The van der Waals surface area contributed by atoms with Crippen molar-refractivity contribution in [2.45, 2.75) is 26.2 Å². The molecule has 1 unspecified atom stereocenters. The molecule has 1 aliphatic heterocycles. The summed E-state index contributed by atoms with van der Waals surface area (Å²) in [7, 11) is 0. The first-order valence-corrected chi connectivity index (χ1v) is 3.84. The lowest BCUT2D eigenvalue weighted by Crippen LogP contribution is -2.37. The van der Waals surface area contributed by atoms with Crippen molar-refractivity contribution < 1.29 is 0 Å². The first-order valence-electron chi connectivity index (χ1n) is 3.84. The van der Waals surface area contributed by atoms with Gasteiger partial charge >= 0.3 is 0 Å². The van der Waals surface area contributed by atoms with Gasteiger partial charge < -0.3 is 5.32 Å². The average Bonchev–Trinajstić information content (AvgIpc) is 1.89. The Morgan fingerprint density at radius 3 is 3.00 bits per heavy atom. The normalized spacial score (nSPS) is 33.2. The maximum Gasteiger partial charge on any atom is 0.0627 e. The Hall–Kier alpha value is -0.550. The summed E-state index contributed by atoms with van der Waals surface area (Å²) in [6.45, 7) is 4.32. The third-order valence-electron chi connectivity index (χ3n) is 2.19. The van der Waals surface area contributed by atoms with E-state index in [1.165, 1.54) is 12.8 Å². The Kier molecular flexibility index (Phi) is 2.29. The van der Waals surface area contributed by atoms with Gasteiger partial charge in [-0.25, -0.2) is 0 Å². The number of nitrogens with zero attached hydrogens (tertiary/aromatic N) is 1. The maximum absolute atomic E-state index is 8.51. The van der Waals surface area contributed by atoms with Gasteiger partial charge in [-0.1, -0.05) is 6.92 Å². The molecule has 0 aromatic heterocycles. The van der Waals surface area contributed by atoms with Crippen LogP contribution in [-0.4, -0.2) is 13.1 Å². The van der Waals surface area contributed by atoms with Crippen molar-refractivity contribution in [1.82, 2.24) is 5.32 Å². The van der Waals surface area contributed by atoms with Crippen LogP contribution in [0.5, 0.6) is 0 Å². The highest BCUT2D eigenvalue weighted by Crippen LogP contribution is 2.28. The Labute approximate surface area is 62.2 Å². The van der Waals surface area contributed by atoms with E-state index in [1.807, 2.05) is 0 Å². The highest BCUT2D eigenvalue weighted by molar-refractivity contribution is 4.89. The summed E-state index contributed by atoms with van der Waals surface area (Å²) >= 11 is 0. The highest BCUT2D eigenvalue weighted by atomic mass is 14.9. The Balaban J connectivity index is 2.42. The predicted octanol–water partition coefficient (Wildman–Crippen LogP) is 1.29. The molecule has 0 bridgehead atoms. The largest absolute Gasteiger partial charge is 0.316 e. The van der Waals surface area contributed by atoms with Gasteiger partial charge in [0.25, 0.3) is 0 Å². The molecule has 1 saturated heterocycles. The molecule has 56 valence electrons. The number of rotatable bonds is 1. The van der Waals surface area contributed by atoms with Crippen LogP contribution in [0, 0.1) is 16.7 Å². The topological polar surface area (TPSA) is 35.8 Å². The number of nitriles is 1. The van der Waals surface area contributed by atoms with Crippen LogP contribution >= 0.6 is 0 Å². The van der Waals surface area contributed by atoms with E-state index in [4.69, 9.17) is 5.26 Å². The second-order valence-corrected chi connectivity index (χ2v) is 3.43. The molecule has 0 aromatic carbocycles. The van der Waals surface area contributed by atoms with Crippen LogP contribution < -0.4 is 5.32 Å². The number of piperidine rings is 1. The maximum atomic E-state index is 8.51. The van der Waals surface area contributed by atoms with Gasteiger partial charge in [0.05, 0.1) is 6.07 Å². The Morgan fingerprint density at radius 2 is 2.50 bits per heavy atom. The molecule has 1 aliphatic rings. The first kappa shape index (κ1) is 7.56. The molecular formula is C8H14N2. The van der Waals surface area contributed by atoms with E-state index in [9.17, 15) is 0 Å². The van der Waals surface area contributed by atoms with Gasteiger partial charge in [0.1, 0.15) is 0 Å². The van der Waals surface area contributed by atoms with Gasteiger partial charge in [0.2, 0.25) is 0 Å². The van der Waals surface area contributed by atoms with E-state index in [-0.39, 0.29) is 5.41 Å². The SMILES string of the molecule is CC1(CC#N)CCCNC1. The summed E-state index contributed by atoms with van der Waals surface area (Å²) in [5.74, 6) is 0. The van der Waals surface area contributed by atoms with Crippen LogP contribution in [0.15, 0.2) is 0 Å². The second kappa shape index (κ2) is 3.03. The van der Waals surface area contributed by atoms with Crippen LogP contribution in [0.4, 0.5) is 0 Å². The van der Waals surface area contributed by atoms with Crippen molar-refractivity contribution in [3.63, 3.8) is 0 Å². The lowest BCUT2D eigenvalue weighted by Gasteiger charge is -2.31. The summed E-state index contributed by atoms with van der Waals surface area (Å²) in [5, 5.41) is 11.8. The van der Waals surface area contributed by atoms with Gasteiger partial charge in [0.15, 0.2) is 0 Å². The Bertz CT molecular complexity index is 140. The standard InChI is InChI=1S/C8H14N2/c1-8(4-5-9)3-2-6-10-7-8/h10H,2-4,6-7H2,1H3. The van der Waals surface area contributed by atoms with Crippen molar-refractivity contribution in [1.29, 1.82) is 5.26 Å². The third kappa shape index (κ3) is 1.71. The summed E-state index contributed by atoms with van der Waals surface area (Å²) in [6, 6.07) is 2.24. The minimum atomic E-state index is 0.257. The smallest absolute Gasteiger partial charge is 0.0627 e. The van der Waals surface area contributed by atoms with Crippen LogP contribution in [0.3, 0.4) is 0 Å². The van der Waals surface area contributed by atoms with E-state index >= 15 is 0 Å². The summed E-state index contributed by atoms with van der Waals surface area (Å²) in [6.07, 6.45) is 3.12. The van der Waals surface area contributed by atoms with Crippen LogP contribution in [-0.2, 0) is 0 Å². The molecule has 2 nitrogen and oxygen atoms in total. The van der Waals surface area contributed by atoms with Crippen LogP contribution in [0.2, 0.25) is 0 Å². The monoisotopic (exact) mass is 138 g/mol. The molecule has 0 aliphatic carbocycles. The van der Waals surface area contributed by atoms with Crippen molar-refractivity contribution in [2.75, 3.05) is 13.1 Å². The summed E-state index contributed by atoms with van der Waals surface area (Å²) < 4.78 is 0. The fourth-order valence-corrected chi connectivity index (χ4v) is 1.46. The molecule has 1 fully saturated rings. The molecule has 0 spiro atoms. The molecule has 0 saturated carbocycles. The van der Waals surface area contributed by atoms with Crippen LogP contribution in [0.25, 0.3) is 0 Å². The molecular weight excluding hydrogens is 124 g/mol. The number of hydrogen-bond donors (Lipinski definition) is 1. The van der Waals surface area contributed by atoms with Crippen molar-refractivity contribution in [3.05, 3.63) is 0 Å². The van der Waals surface area contributed by atoms with Gasteiger partial charge in [-0.2, -0.15) is 5.26 Å². The first-order chi connectivity index (χ1) is 4.77. The molecule has 10 heavy (non-hydrogen) atoms. The van der Waals surface area contributed by atoms with E-state index in [2.05, 4.69) is 18.3 Å². The van der Waals surface area contributed by atoms with Gasteiger partial charge in [0, 0.05) is 13.0 Å². The quantitative estimate of drug-likeness (QED) is 0.592. The van der Waals surface area contributed by atoms with Crippen molar-refractivity contribution >= 4 is 0 Å². The molecule has 1 heterocycles. The summed E-state index contributed by atoms with van der Waals surface area (Å²) in [4.78, 5) is 0. The lowest BCUT2D eigenvalue weighted by atomic mass is 9.80. The van der Waals surface area contributed by atoms with E-state index in [0.717, 1.165) is 13.1 Å². The Morgan fingerprint density at radius 1 is 1.70 bits per heavy atom. The molecule has 0 radical (unpaired) electrons. The zero-order valence-electron chi connectivity index (χ0n) is 6.48. The number of nitrogens with one attached hydrogen (secondary N) is 1. The minimum absolute atomic E-state index is 0.257. The fourth-order valence-electron chi connectivity index (χ4n) is 1.46. The lowest BCUT2D eigenvalue weighted by molar-refractivity contribution is 0.242. The van der Waals surface area contributed by atoms with E-state index in [0.29, 0.717) is 6.42 Å². The van der Waals surface area contributed by atoms with Gasteiger partial charge in [-0.15, -0.1) is 0 Å². The molecule has 1 N–H and O–H groups in total. The zero-order chi connectivity index (χ0) is 7.45. The van der Waals surface area contributed by atoms with Gasteiger partial charge in [-0.3, -0.25) is 0 Å². The predicted molar refractivity (Wildman–Crippen MR) is 40.4 cm³/mol. The molecule has 0 aromatic rings. The van der Waals surface area contributed by atoms with Crippen LogP contribution in [0.1, 0.15) is 26.2 Å².